The number of nitrogens with zero attached hydrogens (tertiary/aromatic N) is 1. The van der Waals surface area contributed by atoms with Gasteiger partial charge < -0.3 is 15.2 Å². The van der Waals surface area contributed by atoms with E-state index in [1.165, 1.54) is 24.5 Å². The van der Waals surface area contributed by atoms with Crippen LogP contribution < -0.4 is 10.4 Å². The average Bonchev–Trinajstić information content (AvgIpc) is 1.88. The molecule has 1 heterocycles. The van der Waals surface area contributed by atoms with Gasteiger partial charge in [-0.3, -0.25) is 4.98 Å². The van der Waals surface area contributed by atoms with Crippen molar-refractivity contribution in [1.29, 1.82) is 0 Å². The van der Waals surface area contributed by atoms with E-state index in [0.717, 1.165) is 0 Å². The first kappa shape index (κ1) is 6.54. The molecule has 52 valence electrons. The summed E-state index contributed by atoms with van der Waals surface area (Å²) >= 11 is 0. The van der Waals surface area contributed by atoms with Crippen LogP contribution in [0.1, 0.15) is 0 Å². The summed E-state index contributed by atoms with van der Waals surface area (Å²) in [6.07, 6.45) is 1.67. The van der Waals surface area contributed by atoms with Gasteiger partial charge in [0.05, 0.1) is 0 Å². The Labute approximate surface area is 57.5 Å². The van der Waals surface area contributed by atoms with E-state index in [9.17, 15) is 9.90 Å². The zero-order chi connectivity index (χ0) is 7.40. The second kappa shape index (κ2) is 2.82. The van der Waals surface area contributed by atoms with Gasteiger partial charge in [0.1, 0.15) is 6.09 Å². The van der Waals surface area contributed by atoms with Crippen molar-refractivity contribution in [3.63, 3.8) is 0 Å². The Morgan fingerprint density at radius 1 is 1.50 bits per heavy atom. The molecule has 4 heteroatoms. The fraction of sp³-hybridized carbons (Fsp3) is 0. The number of carbonyl (C=O) groups is 1. The minimum Gasteiger partial charge on any atom is -0.530 e. The van der Waals surface area contributed by atoms with Gasteiger partial charge in [0, 0.05) is 18.1 Å². The molecular formula is C6H5N2O2-. The summed E-state index contributed by atoms with van der Waals surface area (Å²) < 4.78 is 0. The maximum atomic E-state index is 9.93. The molecule has 0 aliphatic carbocycles. The number of aromatic nitrogens is 1. The molecule has 1 aromatic rings. The van der Waals surface area contributed by atoms with Crippen LogP contribution in [0.5, 0.6) is 0 Å². The highest BCUT2D eigenvalue weighted by Crippen LogP contribution is 2.00. The Kier molecular flexibility index (Phi) is 1.84. The molecule has 0 radical (unpaired) electrons. The van der Waals surface area contributed by atoms with E-state index in [4.69, 9.17) is 0 Å². The second-order valence-electron chi connectivity index (χ2n) is 1.65. The Balaban J connectivity index is 2.67. The smallest absolute Gasteiger partial charge is 0.138 e. The maximum Gasteiger partial charge on any atom is 0.138 e. The third kappa shape index (κ3) is 1.74. The predicted molar refractivity (Wildman–Crippen MR) is 33.3 cm³/mol. The number of amides is 1. The molecule has 0 bridgehead atoms. The van der Waals surface area contributed by atoms with Gasteiger partial charge in [-0.25, -0.2) is 0 Å². The maximum absolute atomic E-state index is 9.93. The quantitative estimate of drug-likeness (QED) is 0.584. The summed E-state index contributed by atoms with van der Waals surface area (Å²) in [5, 5.41) is 12.0. The SMILES string of the molecule is O=C([O-])Nc1ccncc1. The molecule has 0 aliphatic heterocycles. The lowest BCUT2D eigenvalue weighted by atomic mass is 10.4. The van der Waals surface area contributed by atoms with Crippen LogP contribution in [0.4, 0.5) is 10.5 Å². The van der Waals surface area contributed by atoms with Gasteiger partial charge in [-0.15, -0.1) is 0 Å². The van der Waals surface area contributed by atoms with Crippen molar-refractivity contribution in [2.75, 3.05) is 5.32 Å². The Hall–Kier alpha value is -1.58. The minimum atomic E-state index is -1.31. The van der Waals surface area contributed by atoms with E-state index < -0.39 is 6.09 Å². The first-order chi connectivity index (χ1) is 4.79. The van der Waals surface area contributed by atoms with Crippen LogP contribution in [0.2, 0.25) is 0 Å². The van der Waals surface area contributed by atoms with Gasteiger partial charge in [-0.1, -0.05) is 0 Å². The van der Waals surface area contributed by atoms with E-state index in [2.05, 4.69) is 10.3 Å². The van der Waals surface area contributed by atoms with Crippen molar-refractivity contribution in [3.8, 4) is 0 Å². The highest BCUT2D eigenvalue weighted by atomic mass is 16.4. The standard InChI is InChI=1S/C6H6N2O2/c9-6(10)8-5-1-3-7-4-2-5/h1-4H,(H,7,8)(H,9,10)/p-1. The monoisotopic (exact) mass is 137 g/mol. The van der Waals surface area contributed by atoms with Crippen molar-refractivity contribution in [3.05, 3.63) is 24.5 Å². The van der Waals surface area contributed by atoms with Gasteiger partial charge in [0.2, 0.25) is 0 Å². The number of carbonyl (C=O) groups excluding carboxylic acids is 1. The largest absolute Gasteiger partial charge is 0.530 e. The highest BCUT2D eigenvalue weighted by molar-refractivity contribution is 5.80. The molecule has 4 nitrogen and oxygen atoms in total. The molecule has 0 unspecified atom stereocenters. The molecular weight excluding hydrogens is 132 g/mol. The summed E-state index contributed by atoms with van der Waals surface area (Å²) in [7, 11) is 0. The molecule has 0 saturated carbocycles. The minimum absolute atomic E-state index is 0.468. The van der Waals surface area contributed by atoms with Crippen LogP contribution in [0.25, 0.3) is 0 Å². The molecule has 1 rings (SSSR count). The third-order valence-electron chi connectivity index (χ3n) is 0.927. The first-order valence-corrected chi connectivity index (χ1v) is 2.67. The summed E-state index contributed by atoms with van der Waals surface area (Å²) in [6, 6.07) is 3.08. The van der Waals surface area contributed by atoms with Gasteiger partial charge >= 0.3 is 0 Å². The van der Waals surface area contributed by atoms with Crippen LogP contribution in [0, 0.1) is 0 Å². The molecule has 0 spiro atoms. The van der Waals surface area contributed by atoms with Crippen molar-refractivity contribution in [2.24, 2.45) is 0 Å². The number of carboxylic acid groups (broad SMARTS) is 1. The molecule has 0 fully saturated rings. The van der Waals surface area contributed by atoms with E-state index in [1.807, 2.05) is 0 Å². The number of anilines is 1. The molecule has 1 aromatic heterocycles. The van der Waals surface area contributed by atoms with Crippen LogP contribution in [0.15, 0.2) is 24.5 Å². The summed E-state index contributed by atoms with van der Waals surface area (Å²) in [6.45, 7) is 0. The van der Waals surface area contributed by atoms with Crippen LogP contribution >= 0.6 is 0 Å². The van der Waals surface area contributed by atoms with E-state index in [0.29, 0.717) is 5.69 Å². The number of rotatable bonds is 1. The summed E-state index contributed by atoms with van der Waals surface area (Å²) in [5.74, 6) is 0. The number of hydrogen-bond donors (Lipinski definition) is 1. The Morgan fingerprint density at radius 2 is 2.10 bits per heavy atom. The number of hydrogen-bond acceptors (Lipinski definition) is 3. The normalized spacial score (nSPS) is 8.80. The fourth-order valence-electron chi connectivity index (χ4n) is 0.553. The van der Waals surface area contributed by atoms with Crippen molar-refractivity contribution >= 4 is 11.8 Å². The lowest BCUT2D eigenvalue weighted by molar-refractivity contribution is -0.242. The molecule has 1 N–H and O–H groups in total. The lowest BCUT2D eigenvalue weighted by Gasteiger charge is -2.03. The van der Waals surface area contributed by atoms with Gasteiger partial charge in [-0.2, -0.15) is 0 Å². The Bertz CT molecular complexity index is 222. The predicted octanol–water partition coefficient (Wildman–Crippen LogP) is -0.163. The first-order valence-electron chi connectivity index (χ1n) is 2.67. The molecule has 1 amide bonds. The average molecular weight is 137 g/mol. The second-order valence-corrected chi connectivity index (χ2v) is 1.65. The fourth-order valence-corrected chi connectivity index (χ4v) is 0.553. The molecule has 10 heavy (non-hydrogen) atoms. The van der Waals surface area contributed by atoms with E-state index in [1.54, 1.807) is 0 Å². The third-order valence-corrected chi connectivity index (χ3v) is 0.927. The number of pyridine rings is 1. The van der Waals surface area contributed by atoms with Gasteiger partial charge in [0.25, 0.3) is 0 Å². The summed E-state index contributed by atoms with van der Waals surface area (Å²) in [5.41, 5.74) is 0.468. The van der Waals surface area contributed by atoms with Crippen molar-refractivity contribution in [2.45, 2.75) is 0 Å². The van der Waals surface area contributed by atoms with Crippen molar-refractivity contribution in [1.82, 2.24) is 4.98 Å². The number of nitrogens with one attached hydrogen (secondary N) is 1. The van der Waals surface area contributed by atoms with Gasteiger partial charge in [-0.05, 0) is 12.1 Å². The zero-order valence-electron chi connectivity index (χ0n) is 5.07. The van der Waals surface area contributed by atoms with Crippen molar-refractivity contribution < 1.29 is 9.90 Å². The molecule has 0 aliphatic rings. The lowest BCUT2D eigenvalue weighted by Crippen LogP contribution is -2.28. The molecule has 0 saturated heterocycles. The van der Waals surface area contributed by atoms with Crippen LogP contribution in [-0.2, 0) is 0 Å². The molecule has 0 aromatic carbocycles. The van der Waals surface area contributed by atoms with Crippen LogP contribution in [0.3, 0.4) is 0 Å². The summed E-state index contributed by atoms with van der Waals surface area (Å²) in [4.78, 5) is 13.6. The molecule has 0 atom stereocenters. The van der Waals surface area contributed by atoms with E-state index in [-0.39, 0.29) is 0 Å². The van der Waals surface area contributed by atoms with E-state index >= 15 is 0 Å². The Morgan fingerprint density at radius 3 is 2.60 bits per heavy atom. The topological polar surface area (TPSA) is 65.0 Å². The van der Waals surface area contributed by atoms with Gasteiger partial charge in [0.15, 0.2) is 0 Å². The zero-order valence-corrected chi connectivity index (χ0v) is 5.07. The highest BCUT2D eigenvalue weighted by Gasteiger charge is 1.86. The van der Waals surface area contributed by atoms with Crippen LogP contribution in [-0.4, -0.2) is 11.1 Å².